The first-order valence-corrected chi connectivity index (χ1v) is 7.69. The predicted octanol–water partition coefficient (Wildman–Crippen LogP) is 3.27. The molecule has 0 saturated carbocycles. The fraction of sp³-hybridized carbons (Fsp3) is 0.444. The molecule has 1 fully saturated rings. The number of hydrogen-bond acceptors (Lipinski definition) is 2. The van der Waals surface area contributed by atoms with Crippen LogP contribution in [0.1, 0.15) is 18.4 Å². The van der Waals surface area contributed by atoms with Gasteiger partial charge in [-0.1, -0.05) is 42.5 Å². The highest BCUT2D eigenvalue weighted by atomic mass is 15.1. The quantitative estimate of drug-likeness (QED) is 0.895. The number of rotatable bonds is 5. The summed E-state index contributed by atoms with van der Waals surface area (Å²) in [5.74, 6) is 0.880. The zero-order valence-corrected chi connectivity index (χ0v) is 12.3. The Kier molecular flexibility index (Phi) is 4.34. The van der Waals surface area contributed by atoms with Gasteiger partial charge < -0.3 is 10.2 Å². The normalized spacial score (nSPS) is 19.0. The topological polar surface area (TPSA) is 15.3 Å². The molecule has 0 aromatic heterocycles. The van der Waals surface area contributed by atoms with Crippen LogP contribution in [0.15, 0.2) is 42.5 Å². The summed E-state index contributed by atoms with van der Waals surface area (Å²) in [6.45, 7) is 4.65. The first kappa shape index (κ1) is 13.6. The van der Waals surface area contributed by atoms with Gasteiger partial charge >= 0.3 is 0 Å². The molecule has 2 heteroatoms. The Balaban J connectivity index is 1.63. The van der Waals surface area contributed by atoms with Crippen LogP contribution >= 0.6 is 0 Å². The highest BCUT2D eigenvalue weighted by Crippen LogP contribution is 2.20. The van der Waals surface area contributed by atoms with Gasteiger partial charge in [0, 0.05) is 6.54 Å². The van der Waals surface area contributed by atoms with Crippen LogP contribution in [-0.4, -0.2) is 31.6 Å². The molecule has 20 heavy (non-hydrogen) atoms. The van der Waals surface area contributed by atoms with E-state index < -0.39 is 0 Å². The van der Waals surface area contributed by atoms with Crippen molar-refractivity contribution in [3.05, 3.63) is 48.0 Å². The smallest absolute Gasteiger partial charge is 0.0236 e. The van der Waals surface area contributed by atoms with E-state index in [0.29, 0.717) is 0 Å². The molecule has 1 aliphatic heterocycles. The Morgan fingerprint density at radius 3 is 2.85 bits per heavy atom. The summed E-state index contributed by atoms with van der Waals surface area (Å²) in [5.41, 5.74) is 1.44. The zero-order valence-electron chi connectivity index (χ0n) is 12.3. The van der Waals surface area contributed by atoms with Crippen LogP contribution < -0.4 is 5.32 Å². The molecular formula is C18H24N2. The molecule has 1 atom stereocenters. The van der Waals surface area contributed by atoms with Gasteiger partial charge in [-0.25, -0.2) is 0 Å². The third kappa shape index (κ3) is 3.20. The summed E-state index contributed by atoms with van der Waals surface area (Å²) in [6.07, 6.45) is 2.66. The van der Waals surface area contributed by atoms with Crippen LogP contribution in [0, 0.1) is 5.92 Å². The maximum atomic E-state index is 3.45. The Hall–Kier alpha value is -1.38. The van der Waals surface area contributed by atoms with Crippen LogP contribution in [0.25, 0.3) is 10.8 Å². The first-order chi connectivity index (χ1) is 9.83. The van der Waals surface area contributed by atoms with Gasteiger partial charge in [-0.2, -0.15) is 0 Å². The molecule has 0 radical (unpaired) electrons. The molecule has 2 nitrogen and oxygen atoms in total. The van der Waals surface area contributed by atoms with Gasteiger partial charge in [0.2, 0.25) is 0 Å². The molecule has 106 valence electrons. The second-order valence-corrected chi connectivity index (χ2v) is 6.02. The number of benzene rings is 2. The number of hydrogen-bond donors (Lipinski definition) is 1. The van der Waals surface area contributed by atoms with Gasteiger partial charge in [-0.3, -0.25) is 0 Å². The summed E-state index contributed by atoms with van der Waals surface area (Å²) in [5, 5.41) is 6.19. The minimum Gasteiger partial charge on any atom is -0.316 e. The van der Waals surface area contributed by atoms with Crippen LogP contribution in [0.2, 0.25) is 0 Å². The van der Waals surface area contributed by atoms with Crippen molar-refractivity contribution in [1.29, 1.82) is 0 Å². The second-order valence-electron chi connectivity index (χ2n) is 6.02. The van der Waals surface area contributed by atoms with Crippen molar-refractivity contribution < 1.29 is 0 Å². The third-order valence-corrected chi connectivity index (χ3v) is 4.40. The van der Waals surface area contributed by atoms with Crippen molar-refractivity contribution in [3.8, 4) is 0 Å². The average molecular weight is 268 g/mol. The van der Waals surface area contributed by atoms with Gasteiger partial charge in [0.05, 0.1) is 0 Å². The van der Waals surface area contributed by atoms with Crippen LogP contribution in [0.5, 0.6) is 0 Å². The van der Waals surface area contributed by atoms with Crippen LogP contribution in [0.4, 0.5) is 0 Å². The zero-order chi connectivity index (χ0) is 13.8. The predicted molar refractivity (Wildman–Crippen MR) is 85.9 cm³/mol. The molecule has 1 saturated heterocycles. The molecule has 1 heterocycles. The molecular weight excluding hydrogens is 244 g/mol. The largest absolute Gasteiger partial charge is 0.316 e. The van der Waals surface area contributed by atoms with Crippen molar-refractivity contribution >= 4 is 10.8 Å². The molecule has 2 aromatic carbocycles. The van der Waals surface area contributed by atoms with Crippen molar-refractivity contribution in [2.24, 2.45) is 5.92 Å². The number of nitrogens with zero attached hydrogens (tertiary/aromatic N) is 1. The Bertz CT molecular complexity index is 553. The highest BCUT2D eigenvalue weighted by molar-refractivity contribution is 5.85. The van der Waals surface area contributed by atoms with E-state index >= 15 is 0 Å². The Morgan fingerprint density at radius 1 is 1.15 bits per heavy atom. The summed E-state index contributed by atoms with van der Waals surface area (Å²) in [4.78, 5) is 2.46. The summed E-state index contributed by atoms with van der Waals surface area (Å²) >= 11 is 0. The fourth-order valence-electron chi connectivity index (χ4n) is 3.16. The van der Waals surface area contributed by atoms with E-state index in [0.717, 1.165) is 12.5 Å². The Labute approximate surface area is 121 Å². The van der Waals surface area contributed by atoms with E-state index in [1.54, 1.807) is 0 Å². The average Bonchev–Trinajstić information content (AvgIpc) is 2.99. The van der Waals surface area contributed by atoms with Crippen LogP contribution in [-0.2, 0) is 6.54 Å². The maximum Gasteiger partial charge on any atom is 0.0236 e. The van der Waals surface area contributed by atoms with Crippen LogP contribution in [0.3, 0.4) is 0 Å². The van der Waals surface area contributed by atoms with E-state index in [-0.39, 0.29) is 0 Å². The monoisotopic (exact) mass is 268 g/mol. The van der Waals surface area contributed by atoms with E-state index in [9.17, 15) is 0 Å². The van der Waals surface area contributed by atoms with Crippen molar-refractivity contribution in [1.82, 2.24) is 10.2 Å². The first-order valence-electron chi connectivity index (χ1n) is 7.69. The summed E-state index contributed by atoms with van der Waals surface area (Å²) in [6, 6.07) is 15.3. The Morgan fingerprint density at radius 2 is 2.00 bits per heavy atom. The lowest BCUT2D eigenvalue weighted by molar-refractivity contribution is 0.299. The minimum absolute atomic E-state index is 0.880. The van der Waals surface area contributed by atoms with Gasteiger partial charge in [-0.15, -0.1) is 0 Å². The SMILES string of the molecule is CN(CCC1CCNC1)Cc1cccc2ccccc12. The summed E-state index contributed by atoms with van der Waals surface area (Å²) in [7, 11) is 2.24. The molecule has 1 aliphatic rings. The summed E-state index contributed by atoms with van der Waals surface area (Å²) < 4.78 is 0. The third-order valence-electron chi connectivity index (χ3n) is 4.40. The lowest BCUT2D eigenvalue weighted by Gasteiger charge is -2.19. The second kappa shape index (κ2) is 6.38. The fourth-order valence-corrected chi connectivity index (χ4v) is 3.16. The molecule has 1 unspecified atom stereocenters. The molecule has 0 spiro atoms. The molecule has 0 aliphatic carbocycles. The van der Waals surface area contributed by atoms with E-state index in [1.165, 1.54) is 48.8 Å². The van der Waals surface area contributed by atoms with Crippen molar-refractivity contribution in [2.45, 2.75) is 19.4 Å². The van der Waals surface area contributed by atoms with Gasteiger partial charge in [-0.05, 0) is 61.8 Å². The van der Waals surface area contributed by atoms with Crippen molar-refractivity contribution in [3.63, 3.8) is 0 Å². The van der Waals surface area contributed by atoms with Gasteiger partial charge in [0.25, 0.3) is 0 Å². The van der Waals surface area contributed by atoms with E-state index in [4.69, 9.17) is 0 Å². The maximum absolute atomic E-state index is 3.45. The van der Waals surface area contributed by atoms with Crippen molar-refractivity contribution in [2.75, 3.05) is 26.7 Å². The van der Waals surface area contributed by atoms with E-state index in [2.05, 4.69) is 59.7 Å². The molecule has 1 N–H and O–H groups in total. The lowest BCUT2D eigenvalue weighted by Crippen LogP contribution is -2.22. The molecule has 3 rings (SSSR count). The van der Waals surface area contributed by atoms with E-state index in [1.807, 2.05) is 0 Å². The minimum atomic E-state index is 0.880. The molecule has 0 amide bonds. The number of nitrogens with one attached hydrogen (secondary N) is 1. The van der Waals surface area contributed by atoms with Gasteiger partial charge in [0.1, 0.15) is 0 Å². The number of fused-ring (bicyclic) bond motifs is 1. The molecule has 0 bridgehead atoms. The standard InChI is InChI=1S/C18H24N2/c1-20(12-10-15-9-11-19-13-15)14-17-7-4-6-16-5-2-3-8-18(16)17/h2-8,15,19H,9-14H2,1H3. The molecule has 2 aromatic rings. The highest BCUT2D eigenvalue weighted by Gasteiger charge is 2.14. The lowest BCUT2D eigenvalue weighted by atomic mass is 10.0. The van der Waals surface area contributed by atoms with Gasteiger partial charge in [0.15, 0.2) is 0 Å².